The van der Waals surface area contributed by atoms with Gasteiger partial charge in [-0.1, -0.05) is 13.3 Å². The third-order valence-corrected chi connectivity index (χ3v) is 2.75. The van der Waals surface area contributed by atoms with Crippen molar-refractivity contribution < 1.29 is 19.0 Å². The molecule has 1 amide bonds. The van der Waals surface area contributed by atoms with Gasteiger partial charge in [0.2, 0.25) is 5.91 Å². The quantitative estimate of drug-likeness (QED) is 0.707. The lowest BCUT2D eigenvalue weighted by atomic mass is 10.2. The minimum absolute atomic E-state index is 0.111. The molecule has 0 atom stereocenters. The molecule has 0 bridgehead atoms. The number of hydrogen-bond acceptors (Lipinski definition) is 4. The summed E-state index contributed by atoms with van der Waals surface area (Å²) >= 11 is 0. The van der Waals surface area contributed by atoms with Crippen molar-refractivity contribution in [3.8, 4) is 11.5 Å². The van der Waals surface area contributed by atoms with Crippen molar-refractivity contribution in [3.05, 3.63) is 18.2 Å². The Morgan fingerprint density at radius 1 is 1.25 bits per heavy atom. The van der Waals surface area contributed by atoms with Crippen LogP contribution in [0.2, 0.25) is 0 Å². The predicted molar refractivity (Wildman–Crippen MR) is 78.5 cm³/mol. The van der Waals surface area contributed by atoms with Crippen LogP contribution in [0.4, 0.5) is 5.69 Å². The van der Waals surface area contributed by atoms with Gasteiger partial charge in [-0.2, -0.15) is 0 Å². The molecule has 1 aromatic rings. The number of benzene rings is 1. The van der Waals surface area contributed by atoms with Crippen LogP contribution < -0.4 is 14.8 Å². The second-order valence-corrected chi connectivity index (χ2v) is 4.36. The maximum atomic E-state index is 11.8. The Labute approximate surface area is 120 Å². The molecule has 20 heavy (non-hydrogen) atoms. The molecule has 0 radical (unpaired) electrons. The Kier molecular flexibility index (Phi) is 7.50. The number of rotatable bonds is 9. The topological polar surface area (TPSA) is 56.8 Å². The molecule has 0 aromatic heterocycles. The summed E-state index contributed by atoms with van der Waals surface area (Å²) in [6, 6.07) is 5.37. The minimum atomic E-state index is -0.111. The molecule has 1 aromatic carbocycles. The summed E-state index contributed by atoms with van der Waals surface area (Å²) in [5, 5.41) is 2.82. The maximum absolute atomic E-state index is 11.8. The number of ether oxygens (including phenoxy) is 3. The maximum Gasteiger partial charge on any atom is 0.226 e. The van der Waals surface area contributed by atoms with Crippen molar-refractivity contribution in [1.82, 2.24) is 0 Å². The highest BCUT2D eigenvalue weighted by molar-refractivity contribution is 5.92. The predicted octanol–water partition coefficient (Wildman–Crippen LogP) is 2.85. The van der Waals surface area contributed by atoms with E-state index >= 15 is 0 Å². The van der Waals surface area contributed by atoms with Crippen LogP contribution in [0, 0.1) is 0 Å². The SMILES string of the molecule is CCCCOc1ccc(OC)cc1NC(=O)CCOC. The zero-order valence-corrected chi connectivity index (χ0v) is 12.4. The van der Waals surface area contributed by atoms with Gasteiger partial charge in [-0.3, -0.25) is 4.79 Å². The molecule has 5 heteroatoms. The Hall–Kier alpha value is -1.75. The van der Waals surface area contributed by atoms with Crippen molar-refractivity contribution >= 4 is 11.6 Å². The zero-order valence-electron chi connectivity index (χ0n) is 12.4. The summed E-state index contributed by atoms with van der Waals surface area (Å²) in [5.41, 5.74) is 0.626. The first-order valence-electron chi connectivity index (χ1n) is 6.80. The highest BCUT2D eigenvalue weighted by Gasteiger charge is 2.09. The fraction of sp³-hybridized carbons (Fsp3) is 0.533. The van der Waals surface area contributed by atoms with Gasteiger partial charge in [0, 0.05) is 13.2 Å². The molecule has 0 heterocycles. The molecule has 0 aliphatic heterocycles. The van der Waals surface area contributed by atoms with Crippen molar-refractivity contribution in [2.75, 3.05) is 32.8 Å². The number of anilines is 1. The lowest BCUT2D eigenvalue weighted by Gasteiger charge is -2.13. The first kappa shape index (κ1) is 16.3. The summed E-state index contributed by atoms with van der Waals surface area (Å²) in [5.74, 6) is 1.22. The number of hydrogen-bond donors (Lipinski definition) is 1. The van der Waals surface area contributed by atoms with Gasteiger partial charge in [0.1, 0.15) is 11.5 Å². The van der Waals surface area contributed by atoms with Gasteiger partial charge >= 0.3 is 0 Å². The van der Waals surface area contributed by atoms with Crippen LogP contribution in [0.3, 0.4) is 0 Å². The van der Waals surface area contributed by atoms with E-state index in [1.54, 1.807) is 26.4 Å². The van der Waals surface area contributed by atoms with Crippen LogP contribution in [-0.4, -0.2) is 33.3 Å². The van der Waals surface area contributed by atoms with Gasteiger partial charge in [-0.15, -0.1) is 0 Å². The average molecular weight is 281 g/mol. The number of nitrogens with one attached hydrogen (secondary N) is 1. The molecule has 0 fully saturated rings. The summed E-state index contributed by atoms with van der Waals surface area (Å²) in [6.07, 6.45) is 2.34. The summed E-state index contributed by atoms with van der Waals surface area (Å²) in [4.78, 5) is 11.8. The molecule has 0 spiro atoms. The molecule has 0 saturated carbocycles. The first-order valence-corrected chi connectivity index (χ1v) is 6.80. The van der Waals surface area contributed by atoms with Gasteiger partial charge in [0.25, 0.3) is 0 Å². The first-order chi connectivity index (χ1) is 9.71. The summed E-state index contributed by atoms with van der Waals surface area (Å²) in [6.45, 7) is 3.12. The van der Waals surface area contributed by atoms with Crippen LogP contribution in [0.5, 0.6) is 11.5 Å². The van der Waals surface area contributed by atoms with Crippen LogP contribution in [0.15, 0.2) is 18.2 Å². The molecule has 5 nitrogen and oxygen atoms in total. The molecule has 112 valence electrons. The average Bonchev–Trinajstić information content (AvgIpc) is 2.46. The Morgan fingerprint density at radius 2 is 2.05 bits per heavy atom. The molecule has 0 saturated heterocycles. The lowest BCUT2D eigenvalue weighted by molar-refractivity contribution is -0.117. The molecule has 0 aliphatic carbocycles. The second kappa shape index (κ2) is 9.20. The third kappa shape index (κ3) is 5.48. The smallest absolute Gasteiger partial charge is 0.226 e. The number of carbonyl (C=O) groups is 1. The van der Waals surface area contributed by atoms with Crippen LogP contribution >= 0.6 is 0 Å². The number of unbranched alkanes of at least 4 members (excludes halogenated alkanes) is 1. The van der Waals surface area contributed by atoms with Gasteiger partial charge in [-0.25, -0.2) is 0 Å². The molecule has 1 N–H and O–H groups in total. The summed E-state index contributed by atoms with van der Waals surface area (Å²) < 4.78 is 15.7. The van der Waals surface area contributed by atoms with Gasteiger partial charge < -0.3 is 19.5 Å². The van der Waals surface area contributed by atoms with Gasteiger partial charge in [-0.05, 0) is 18.6 Å². The van der Waals surface area contributed by atoms with Gasteiger partial charge in [0.15, 0.2) is 0 Å². The van der Waals surface area contributed by atoms with E-state index in [-0.39, 0.29) is 5.91 Å². The third-order valence-electron chi connectivity index (χ3n) is 2.75. The van der Waals surface area contributed by atoms with E-state index in [1.165, 1.54) is 0 Å². The van der Waals surface area contributed by atoms with Crippen molar-refractivity contribution in [3.63, 3.8) is 0 Å². The summed E-state index contributed by atoms with van der Waals surface area (Å²) in [7, 11) is 3.15. The number of amides is 1. The highest BCUT2D eigenvalue weighted by atomic mass is 16.5. The van der Waals surface area contributed by atoms with E-state index in [2.05, 4.69) is 12.2 Å². The number of carbonyl (C=O) groups excluding carboxylic acids is 1. The Morgan fingerprint density at radius 3 is 2.70 bits per heavy atom. The standard InChI is InChI=1S/C15H23NO4/c1-4-5-9-20-14-7-6-12(19-3)11-13(14)16-15(17)8-10-18-2/h6-7,11H,4-5,8-10H2,1-3H3,(H,16,17). The minimum Gasteiger partial charge on any atom is -0.497 e. The molecule has 1 rings (SSSR count). The largest absolute Gasteiger partial charge is 0.497 e. The number of methoxy groups -OCH3 is 2. The highest BCUT2D eigenvalue weighted by Crippen LogP contribution is 2.29. The van der Waals surface area contributed by atoms with Crippen molar-refractivity contribution in [2.45, 2.75) is 26.2 Å². The fourth-order valence-corrected chi connectivity index (χ4v) is 1.59. The fourth-order valence-electron chi connectivity index (χ4n) is 1.59. The van der Waals surface area contributed by atoms with E-state index in [1.807, 2.05) is 6.07 Å². The lowest BCUT2D eigenvalue weighted by Crippen LogP contribution is -2.14. The van der Waals surface area contributed by atoms with Crippen LogP contribution in [-0.2, 0) is 9.53 Å². The monoisotopic (exact) mass is 281 g/mol. The van der Waals surface area contributed by atoms with E-state index in [4.69, 9.17) is 14.2 Å². The molecular weight excluding hydrogens is 258 g/mol. The van der Waals surface area contributed by atoms with E-state index in [9.17, 15) is 4.79 Å². The normalized spacial score (nSPS) is 10.2. The van der Waals surface area contributed by atoms with Crippen molar-refractivity contribution in [1.29, 1.82) is 0 Å². The second-order valence-electron chi connectivity index (χ2n) is 4.36. The molecular formula is C15H23NO4. The van der Waals surface area contributed by atoms with Crippen molar-refractivity contribution in [2.24, 2.45) is 0 Å². The molecule has 0 aliphatic rings. The zero-order chi connectivity index (χ0) is 14.8. The van der Waals surface area contributed by atoms with E-state index in [0.717, 1.165) is 12.8 Å². The Bertz CT molecular complexity index is 420. The van der Waals surface area contributed by atoms with E-state index < -0.39 is 0 Å². The van der Waals surface area contributed by atoms with Crippen LogP contribution in [0.25, 0.3) is 0 Å². The van der Waals surface area contributed by atoms with Crippen LogP contribution in [0.1, 0.15) is 26.2 Å². The van der Waals surface area contributed by atoms with Gasteiger partial charge in [0.05, 0.1) is 32.4 Å². The Balaban J connectivity index is 2.74. The van der Waals surface area contributed by atoms with E-state index in [0.29, 0.717) is 36.8 Å². The molecule has 0 unspecified atom stereocenters.